The van der Waals surface area contributed by atoms with E-state index in [4.69, 9.17) is 9.47 Å². The Morgan fingerprint density at radius 2 is 2.08 bits per heavy atom. The molecule has 0 saturated carbocycles. The van der Waals surface area contributed by atoms with E-state index < -0.39 is 0 Å². The fourth-order valence-corrected chi connectivity index (χ4v) is 3.70. The normalized spacial score (nSPS) is 20.5. The van der Waals surface area contributed by atoms with Crippen molar-refractivity contribution in [1.29, 1.82) is 0 Å². The molecule has 0 aromatic carbocycles. The van der Waals surface area contributed by atoms with Crippen LogP contribution in [0.2, 0.25) is 0 Å². The Labute approximate surface area is 148 Å². The molecule has 136 valence electrons. The highest BCUT2D eigenvalue weighted by Crippen LogP contribution is 2.31. The molecule has 1 aromatic heterocycles. The van der Waals surface area contributed by atoms with Gasteiger partial charge in [0.2, 0.25) is 0 Å². The van der Waals surface area contributed by atoms with Crippen LogP contribution in [0.15, 0.2) is 17.1 Å². The standard InChI is InChI=1S/C17H29N3O3S/c1-4-8-19(9-5-2)14-7-10-20(17(21)18-14)15-13-24-16(23-15)12-22-11-6-3/h7,10,15-16H,4-6,8-9,11-13H2,1-3H3/t15-,16+/m0/s1. The maximum Gasteiger partial charge on any atom is 0.351 e. The number of hydrogen-bond donors (Lipinski definition) is 0. The highest BCUT2D eigenvalue weighted by molar-refractivity contribution is 8.00. The Kier molecular flexibility index (Phi) is 8.08. The fourth-order valence-electron chi connectivity index (χ4n) is 2.68. The summed E-state index contributed by atoms with van der Waals surface area (Å²) in [6.45, 7) is 9.48. The van der Waals surface area contributed by atoms with E-state index >= 15 is 0 Å². The molecule has 0 amide bonds. The molecule has 1 aromatic rings. The van der Waals surface area contributed by atoms with Crippen LogP contribution in [0.3, 0.4) is 0 Å². The van der Waals surface area contributed by atoms with Gasteiger partial charge in [0.05, 0.1) is 6.61 Å². The van der Waals surface area contributed by atoms with Gasteiger partial charge in [-0.05, 0) is 25.3 Å². The Morgan fingerprint density at radius 3 is 2.71 bits per heavy atom. The lowest BCUT2D eigenvalue weighted by Crippen LogP contribution is -2.33. The van der Waals surface area contributed by atoms with Crippen molar-refractivity contribution in [3.8, 4) is 0 Å². The smallest absolute Gasteiger partial charge is 0.351 e. The zero-order valence-corrected chi connectivity index (χ0v) is 15.8. The first kappa shape index (κ1) is 19.3. The maximum atomic E-state index is 12.4. The summed E-state index contributed by atoms with van der Waals surface area (Å²) in [7, 11) is 0. The largest absolute Gasteiger partial charge is 0.378 e. The van der Waals surface area contributed by atoms with E-state index in [9.17, 15) is 4.79 Å². The molecule has 0 bridgehead atoms. The average molecular weight is 356 g/mol. The van der Waals surface area contributed by atoms with Crippen molar-refractivity contribution in [3.05, 3.63) is 22.7 Å². The molecule has 6 nitrogen and oxygen atoms in total. The van der Waals surface area contributed by atoms with Crippen molar-refractivity contribution >= 4 is 17.6 Å². The van der Waals surface area contributed by atoms with E-state index in [1.807, 2.05) is 12.3 Å². The van der Waals surface area contributed by atoms with Gasteiger partial charge in [-0.25, -0.2) is 4.79 Å². The van der Waals surface area contributed by atoms with Crippen LogP contribution in [0.25, 0.3) is 0 Å². The summed E-state index contributed by atoms with van der Waals surface area (Å²) >= 11 is 1.69. The van der Waals surface area contributed by atoms with E-state index in [2.05, 4.69) is 30.7 Å². The van der Waals surface area contributed by atoms with Crippen LogP contribution in [-0.2, 0) is 9.47 Å². The van der Waals surface area contributed by atoms with Gasteiger partial charge >= 0.3 is 5.69 Å². The van der Waals surface area contributed by atoms with Crippen LogP contribution in [0, 0.1) is 0 Å². The van der Waals surface area contributed by atoms with Gasteiger partial charge in [-0.2, -0.15) is 4.98 Å². The minimum absolute atomic E-state index is 0.00944. The Hall–Kier alpha value is -1.05. The highest BCUT2D eigenvalue weighted by atomic mass is 32.2. The minimum atomic E-state index is -0.259. The Morgan fingerprint density at radius 1 is 1.33 bits per heavy atom. The predicted octanol–water partition coefficient (Wildman–Crippen LogP) is 2.88. The van der Waals surface area contributed by atoms with E-state index in [0.717, 1.165) is 50.5 Å². The monoisotopic (exact) mass is 355 g/mol. The maximum absolute atomic E-state index is 12.4. The van der Waals surface area contributed by atoms with Gasteiger partial charge in [-0.1, -0.05) is 20.8 Å². The summed E-state index contributed by atoms with van der Waals surface area (Å²) in [5, 5.41) is 0. The average Bonchev–Trinajstić information content (AvgIpc) is 3.03. The molecule has 2 heterocycles. The summed E-state index contributed by atoms with van der Waals surface area (Å²) < 4.78 is 13.0. The predicted molar refractivity (Wildman–Crippen MR) is 98.8 cm³/mol. The number of thioether (sulfide) groups is 1. The van der Waals surface area contributed by atoms with Crippen LogP contribution < -0.4 is 10.6 Å². The minimum Gasteiger partial charge on any atom is -0.378 e. The molecule has 2 atom stereocenters. The second kappa shape index (κ2) is 10.1. The second-order valence-electron chi connectivity index (χ2n) is 5.89. The van der Waals surface area contributed by atoms with E-state index in [1.54, 1.807) is 16.3 Å². The molecule has 1 fully saturated rings. The summed E-state index contributed by atoms with van der Waals surface area (Å²) in [6, 6.07) is 1.92. The number of nitrogens with zero attached hydrogens (tertiary/aromatic N) is 3. The van der Waals surface area contributed by atoms with Crippen LogP contribution in [0.1, 0.15) is 46.3 Å². The number of ether oxygens (including phenoxy) is 2. The Balaban J connectivity index is 2.01. The van der Waals surface area contributed by atoms with E-state index in [-0.39, 0.29) is 17.4 Å². The van der Waals surface area contributed by atoms with Gasteiger partial charge in [-0.3, -0.25) is 4.57 Å². The molecule has 2 rings (SSSR count). The SMILES string of the molecule is CCCOC[C@@H]1O[C@H](n2ccc(N(CCC)CCC)nc2=O)CS1. The fraction of sp³-hybridized carbons (Fsp3) is 0.765. The third-order valence-corrected chi connectivity index (χ3v) is 4.87. The van der Waals surface area contributed by atoms with Gasteiger partial charge in [-0.15, -0.1) is 11.8 Å². The van der Waals surface area contributed by atoms with Gasteiger partial charge in [0, 0.05) is 31.6 Å². The molecule has 24 heavy (non-hydrogen) atoms. The molecular weight excluding hydrogens is 326 g/mol. The van der Waals surface area contributed by atoms with Crippen molar-refractivity contribution in [1.82, 2.24) is 9.55 Å². The van der Waals surface area contributed by atoms with Gasteiger partial charge in [0.15, 0.2) is 0 Å². The number of aromatic nitrogens is 2. The highest BCUT2D eigenvalue weighted by Gasteiger charge is 2.28. The van der Waals surface area contributed by atoms with Crippen molar-refractivity contribution < 1.29 is 9.47 Å². The topological polar surface area (TPSA) is 56.6 Å². The summed E-state index contributed by atoms with van der Waals surface area (Å²) in [4.78, 5) is 18.8. The number of anilines is 1. The third-order valence-electron chi connectivity index (χ3n) is 3.77. The van der Waals surface area contributed by atoms with Crippen molar-refractivity contribution in [2.24, 2.45) is 0 Å². The number of hydrogen-bond acceptors (Lipinski definition) is 6. The molecule has 0 N–H and O–H groups in total. The Bertz CT molecular complexity index is 546. The van der Waals surface area contributed by atoms with Crippen LogP contribution in [-0.4, -0.2) is 47.0 Å². The molecule has 0 unspecified atom stereocenters. The molecule has 1 saturated heterocycles. The zero-order valence-electron chi connectivity index (χ0n) is 14.9. The van der Waals surface area contributed by atoms with E-state index in [1.165, 1.54) is 0 Å². The molecule has 0 aliphatic carbocycles. The summed E-state index contributed by atoms with van der Waals surface area (Å²) in [5.74, 6) is 1.50. The van der Waals surface area contributed by atoms with Crippen molar-refractivity contribution in [2.75, 3.05) is 37.0 Å². The van der Waals surface area contributed by atoms with Crippen LogP contribution in [0.4, 0.5) is 5.82 Å². The summed E-state index contributed by atoms with van der Waals surface area (Å²) in [6.07, 6.45) is 4.62. The van der Waals surface area contributed by atoms with E-state index in [0.29, 0.717) is 6.61 Å². The van der Waals surface area contributed by atoms with Crippen LogP contribution >= 0.6 is 11.8 Å². The summed E-state index contributed by atoms with van der Waals surface area (Å²) in [5.41, 5.74) is -0.254. The molecule has 1 aliphatic heterocycles. The first-order valence-corrected chi connectivity index (χ1v) is 9.93. The van der Waals surface area contributed by atoms with Gasteiger partial charge in [0.25, 0.3) is 0 Å². The molecule has 1 aliphatic rings. The number of rotatable bonds is 10. The second-order valence-corrected chi connectivity index (χ2v) is 7.08. The first-order valence-electron chi connectivity index (χ1n) is 8.88. The van der Waals surface area contributed by atoms with Gasteiger partial charge in [0.1, 0.15) is 17.5 Å². The molecular formula is C17H29N3O3S. The zero-order chi connectivity index (χ0) is 17.4. The first-order chi connectivity index (χ1) is 11.7. The van der Waals surface area contributed by atoms with Crippen LogP contribution in [0.5, 0.6) is 0 Å². The molecule has 7 heteroatoms. The van der Waals surface area contributed by atoms with Crippen molar-refractivity contribution in [2.45, 2.75) is 51.7 Å². The quantitative estimate of drug-likeness (QED) is 0.602. The molecule has 0 spiro atoms. The molecule has 0 radical (unpaired) electrons. The van der Waals surface area contributed by atoms with Gasteiger partial charge < -0.3 is 14.4 Å². The third kappa shape index (κ3) is 5.22. The van der Waals surface area contributed by atoms with Crippen molar-refractivity contribution in [3.63, 3.8) is 0 Å². The lowest BCUT2D eigenvalue weighted by molar-refractivity contribution is -0.0245. The lowest BCUT2D eigenvalue weighted by Gasteiger charge is -2.23. The lowest BCUT2D eigenvalue weighted by atomic mass is 10.3.